The van der Waals surface area contributed by atoms with Crippen LogP contribution >= 0.6 is 23.1 Å². The summed E-state index contributed by atoms with van der Waals surface area (Å²) in [5, 5.41) is 16.7. The summed E-state index contributed by atoms with van der Waals surface area (Å²) in [5.41, 5.74) is 5.85. The van der Waals surface area contributed by atoms with E-state index in [1.54, 1.807) is 5.38 Å². The molecular formula is C13H13N5O5S2. The largest absolute Gasteiger partial charge is 0.478 e. The number of hydrogen-bond donors (Lipinski definition) is 3. The van der Waals surface area contributed by atoms with Gasteiger partial charge in [-0.25, -0.2) is 9.78 Å². The highest BCUT2D eigenvalue weighted by atomic mass is 32.2. The Hall–Kier alpha value is -2.60. The van der Waals surface area contributed by atoms with Crippen LogP contribution in [0.1, 0.15) is 5.69 Å². The predicted octanol–water partition coefficient (Wildman–Crippen LogP) is -0.556. The number of anilines is 1. The van der Waals surface area contributed by atoms with Crippen molar-refractivity contribution in [3.05, 3.63) is 22.8 Å². The van der Waals surface area contributed by atoms with Crippen LogP contribution in [0.3, 0.4) is 0 Å². The second-order valence-electron chi connectivity index (χ2n) is 5.05. The van der Waals surface area contributed by atoms with Gasteiger partial charge in [0.15, 0.2) is 10.8 Å². The summed E-state index contributed by atoms with van der Waals surface area (Å²) in [4.78, 5) is 45.6. The number of fused-ring (bicyclic) bond motifs is 1. The van der Waals surface area contributed by atoms with Crippen LogP contribution in [0.15, 0.2) is 22.3 Å². The molecule has 3 heterocycles. The number of oxime groups is 1. The van der Waals surface area contributed by atoms with Gasteiger partial charge in [-0.2, -0.15) is 0 Å². The van der Waals surface area contributed by atoms with E-state index in [-0.39, 0.29) is 39.1 Å². The lowest BCUT2D eigenvalue weighted by Crippen LogP contribution is -2.69. The molecule has 0 spiro atoms. The molecule has 0 bridgehead atoms. The lowest BCUT2D eigenvalue weighted by atomic mass is 10.1. The van der Waals surface area contributed by atoms with Crippen LogP contribution < -0.4 is 11.1 Å². The molecule has 0 radical (unpaired) electrons. The minimum atomic E-state index is -1.07. The standard InChI is InChI=1S/C13H13N5O5S2/c1-23-17-7(6-4-25-13(14)15-6)9(19)16-8-10(20)18-2-5(12(21)22)3-24-11(8)18/h2,4,8,11H,3H2,1H3,(H2,14,15)(H,16,19)(H,21,22)/b17-7-/t8-,11-/m1/s1. The van der Waals surface area contributed by atoms with Crippen LogP contribution in [0.2, 0.25) is 0 Å². The number of thioether (sulfide) groups is 1. The minimum absolute atomic E-state index is 0.0933. The van der Waals surface area contributed by atoms with E-state index in [4.69, 9.17) is 10.8 Å². The summed E-state index contributed by atoms with van der Waals surface area (Å²) < 4.78 is 0. The first-order valence-corrected chi connectivity index (χ1v) is 8.86. The molecule has 25 heavy (non-hydrogen) atoms. The van der Waals surface area contributed by atoms with Gasteiger partial charge < -0.3 is 25.9 Å². The Morgan fingerprint density at radius 3 is 2.92 bits per heavy atom. The van der Waals surface area contributed by atoms with E-state index in [1.807, 2.05) is 0 Å². The Kier molecular flexibility index (Phi) is 4.63. The Labute approximate surface area is 149 Å². The van der Waals surface area contributed by atoms with Crippen LogP contribution in [0.5, 0.6) is 0 Å². The highest BCUT2D eigenvalue weighted by Crippen LogP contribution is 2.36. The normalized spacial score (nSPS) is 22.6. The third-order valence-corrected chi connectivity index (χ3v) is 5.50. The zero-order chi connectivity index (χ0) is 18.1. The van der Waals surface area contributed by atoms with Crippen molar-refractivity contribution in [1.29, 1.82) is 0 Å². The second kappa shape index (κ2) is 6.72. The van der Waals surface area contributed by atoms with E-state index in [0.717, 1.165) is 11.3 Å². The number of aromatic nitrogens is 1. The number of rotatable bonds is 5. The first-order chi connectivity index (χ1) is 11.9. The number of nitrogen functional groups attached to an aromatic ring is 1. The molecule has 3 rings (SSSR count). The first kappa shape index (κ1) is 17.2. The Morgan fingerprint density at radius 1 is 1.56 bits per heavy atom. The molecular weight excluding hydrogens is 370 g/mol. The highest BCUT2D eigenvalue weighted by Gasteiger charge is 2.50. The van der Waals surface area contributed by atoms with Crippen LogP contribution in [0.25, 0.3) is 0 Å². The lowest BCUT2D eigenvalue weighted by molar-refractivity contribution is -0.144. The Morgan fingerprint density at radius 2 is 2.32 bits per heavy atom. The summed E-state index contributed by atoms with van der Waals surface area (Å²) in [6.07, 6.45) is 1.31. The predicted molar refractivity (Wildman–Crippen MR) is 90.8 cm³/mol. The summed E-state index contributed by atoms with van der Waals surface area (Å²) in [5.74, 6) is -1.84. The van der Waals surface area contributed by atoms with Gasteiger partial charge in [-0.1, -0.05) is 5.16 Å². The van der Waals surface area contributed by atoms with Gasteiger partial charge in [-0.15, -0.1) is 23.1 Å². The molecule has 132 valence electrons. The van der Waals surface area contributed by atoms with Gasteiger partial charge in [0.1, 0.15) is 24.2 Å². The molecule has 0 aromatic carbocycles. The first-order valence-electron chi connectivity index (χ1n) is 6.93. The summed E-state index contributed by atoms with van der Waals surface area (Å²) >= 11 is 2.41. The number of carbonyl (C=O) groups is 3. The molecule has 0 saturated carbocycles. The number of hydrogen-bond acceptors (Lipinski definition) is 9. The maximum absolute atomic E-state index is 12.5. The number of carbonyl (C=O) groups excluding carboxylic acids is 2. The molecule has 1 fully saturated rings. The lowest BCUT2D eigenvalue weighted by Gasteiger charge is -2.46. The van der Waals surface area contributed by atoms with Gasteiger partial charge in [-0.05, 0) is 0 Å². The van der Waals surface area contributed by atoms with Gasteiger partial charge in [-0.3, -0.25) is 9.59 Å². The molecule has 4 N–H and O–H groups in total. The molecule has 0 unspecified atom stereocenters. The number of β-lactam (4-membered cyclic amide) rings is 1. The van der Waals surface area contributed by atoms with Crippen LogP contribution in [-0.2, 0) is 19.2 Å². The smallest absolute Gasteiger partial charge is 0.333 e. The van der Waals surface area contributed by atoms with Gasteiger partial charge in [0, 0.05) is 17.3 Å². The fourth-order valence-electron chi connectivity index (χ4n) is 2.33. The van der Waals surface area contributed by atoms with Crippen molar-refractivity contribution in [3.63, 3.8) is 0 Å². The Bertz CT molecular complexity index is 804. The molecule has 2 aliphatic rings. The van der Waals surface area contributed by atoms with Crippen molar-refractivity contribution in [2.75, 3.05) is 18.6 Å². The van der Waals surface area contributed by atoms with Gasteiger partial charge in [0.25, 0.3) is 11.8 Å². The number of nitrogens with one attached hydrogen (secondary N) is 1. The summed E-state index contributed by atoms with van der Waals surface area (Å²) in [7, 11) is 1.29. The minimum Gasteiger partial charge on any atom is -0.478 e. The van der Waals surface area contributed by atoms with E-state index in [9.17, 15) is 14.4 Å². The van der Waals surface area contributed by atoms with E-state index >= 15 is 0 Å². The van der Waals surface area contributed by atoms with Gasteiger partial charge in [0.05, 0.1) is 5.57 Å². The van der Waals surface area contributed by atoms with Crippen LogP contribution in [0.4, 0.5) is 5.13 Å². The number of thiazole rings is 1. The molecule has 0 aliphatic carbocycles. The van der Waals surface area contributed by atoms with Crippen LogP contribution in [0, 0.1) is 0 Å². The third kappa shape index (κ3) is 3.17. The van der Waals surface area contributed by atoms with Crippen molar-refractivity contribution in [2.24, 2.45) is 5.16 Å². The summed E-state index contributed by atoms with van der Waals surface area (Å²) in [6.45, 7) is 0. The number of carboxylic acids is 1. The van der Waals surface area contributed by atoms with Crippen molar-refractivity contribution in [3.8, 4) is 0 Å². The van der Waals surface area contributed by atoms with Gasteiger partial charge >= 0.3 is 5.97 Å². The number of amides is 2. The molecule has 2 amide bonds. The average Bonchev–Trinajstić information content (AvgIpc) is 3.02. The number of carboxylic acid groups (broad SMARTS) is 1. The molecule has 1 saturated heterocycles. The monoisotopic (exact) mass is 383 g/mol. The zero-order valence-electron chi connectivity index (χ0n) is 12.8. The maximum atomic E-state index is 12.5. The number of nitrogens with zero attached hydrogens (tertiary/aromatic N) is 3. The fourth-order valence-corrected chi connectivity index (χ4v) is 4.13. The SMILES string of the molecule is CO/N=C(\C(=O)N[C@@H]1C(=O)N2C=C(C(=O)O)CS[C@H]12)c1csc(N)n1. The quantitative estimate of drug-likeness (QED) is 0.348. The molecule has 2 atom stereocenters. The highest BCUT2D eigenvalue weighted by molar-refractivity contribution is 8.00. The average molecular weight is 383 g/mol. The van der Waals surface area contributed by atoms with E-state index in [1.165, 1.54) is 30.0 Å². The Balaban J connectivity index is 1.73. The second-order valence-corrected chi connectivity index (χ2v) is 7.05. The van der Waals surface area contributed by atoms with Crippen LogP contribution in [-0.4, -0.2) is 62.8 Å². The molecule has 10 nitrogen and oxygen atoms in total. The van der Waals surface area contributed by atoms with Crippen molar-refractivity contribution in [1.82, 2.24) is 15.2 Å². The van der Waals surface area contributed by atoms with Crippen molar-refractivity contribution < 1.29 is 24.3 Å². The maximum Gasteiger partial charge on any atom is 0.333 e. The van der Waals surface area contributed by atoms with Gasteiger partial charge in [0.2, 0.25) is 0 Å². The molecule has 1 aromatic heterocycles. The zero-order valence-corrected chi connectivity index (χ0v) is 14.5. The van der Waals surface area contributed by atoms with E-state index in [0.29, 0.717) is 0 Å². The fraction of sp³-hybridized carbons (Fsp3) is 0.308. The third-order valence-electron chi connectivity index (χ3n) is 3.51. The molecule has 12 heteroatoms. The summed E-state index contributed by atoms with van der Waals surface area (Å²) in [6, 6.07) is -0.776. The van der Waals surface area contributed by atoms with Crippen molar-refractivity contribution >= 4 is 51.7 Å². The van der Waals surface area contributed by atoms with Crippen molar-refractivity contribution in [2.45, 2.75) is 11.4 Å². The van der Waals surface area contributed by atoms with E-state index < -0.39 is 17.9 Å². The molecule has 2 aliphatic heterocycles. The van der Waals surface area contributed by atoms with E-state index in [2.05, 4.69) is 20.3 Å². The molecule has 1 aromatic rings. The topological polar surface area (TPSA) is 147 Å². The number of nitrogens with two attached hydrogens (primary N) is 1. The number of aliphatic carboxylic acids is 1.